The number of ether oxygens (including phenoxy) is 1. The van der Waals surface area contributed by atoms with Gasteiger partial charge in [-0.2, -0.15) is 5.10 Å². The first-order chi connectivity index (χ1) is 11.7. The van der Waals surface area contributed by atoms with Crippen molar-refractivity contribution in [2.24, 2.45) is 5.92 Å². The van der Waals surface area contributed by atoms with Crippen LogP contribution in [0, 0.1) is 5.92 Å². The van der Waals surface area contributed by atoms with Crippen molar-refractivity contribution in [3.8, 4) is 11.4 Å². The number of benzene rings is 1. The van der Waals surface area contributed by atoms with Crippen molar-refractivity contribution in [1.29, 1.82) is 0 Å². The second kappa shape index (κ2) is 6.02. The molecule has 1 aliphatic carbocycles. The fourth-order valence-electron chi connectivity index (χ4n) is 3.54. The smallest absolute Gasteiger partial charge is 0.244 e. The van der Waals surface area contributed by atoms with Gasteiger partial charge in [0.25, 0.3) is 0 Å². The number of nitrogens with zero attached hydrogens (tertiary/aromatic N) is 4. The second-order valence-electron chi connectivity index (χ2n) is 6.86. The molecular weight excluding hydrogens is 304 g/mol. The number of carbonyl (C=O) groups is 1. The van der Waals surface area contributed by atoms with E-state index in [4.69, 9.17) is 4.74 Å². The van der Waals surface area contributed by atoms with Crippen LogP contribution in [0.1, 0.15) is 19.8 Å². The minimum atomic E-state index is -0.168. The van der Waals surface area contributed by atoms with Gasteiger partial charge in [-0.15, -0.1) is 0 Å². The van der Waals surface area contributed by atoms with E-state index >= 15 is 0 Å². The van der Waals surface area contributed by atoms with E-state index < -0.39 is 0 Å². The van der Waals surface area contributed by atoms with Crippen LogP contribution in [-0.4, -0.2) is 50.9 Å². The first-order valence-electron chi connectivity index (χ1n) is 8.50. The third kappa shape index (κ3) is 2.82. The molecule has 0 radical (unpaired) electrons. The second-order valence-corrected chi connectivity index (χ2v) is 6.86. The molecule has 1 amide bonds. The Labute approximate surface area is 141 Å². The molecule has 2 heterocycles. The van der Waals surface area contributed by atoms with Gasteiger partial charge in [-0.1, -0.05) is 30.3 Å². The molecule has 0 N–H and O–H groups in total. The van der Waals surface area contributed by atoms with Gasteiger partial charge in [0.1, 0.15) is 12.9 Å². The summed E-state index contributed by atoms with van der Waals surface area (Å²) in [6.07, 6.45) is 4.01. The SMILES string of the molecule is CC1(C2CC2)COCCN1C(=O)Cn1cnc(-c2ccccc2)n1. The largest absolute Gasteiger partial charge is 0.377 e. The summed E-state index contributed by atoms with van der Waals surface area (Å²) in [6.45, 7) is 4.28. The lowest BCUT2D eigenvalue weighted by atomic mass is 9.93. The van der Waals surface area contributed by atoms with Gasteiger partial charge in [-0.25, -0.2) is 9.67 Å². The topological polar surface area (TPSA) is 60.2 Å². The Morgan fingerprint density at radius 3 is 2.88 bits per heavy atom. The molecule has 1 saturated heterocycles. The summed E-state index contributed by atoms with van der Waals surface area (Å²) in [5.74, 6) is 1.31. The van der Waals surface area contributed by atoms with Crippen molar-refractivity contribution in [3.05, 3.63) is 36.7 Å². The number of morpholine rings is 1. The lowest BCUT2D eigenvalue weighted by Crippen LogP contribution is -2.59. The van der Waals surface area contributed by atoms with Crippen molar-refractivity contribution in [2.45, 2.75) is 31.8 Å². The van der Waals surface area contributed by atoms with Crippen LogP contribution >= 0.6 is 0 Å². The number of aromatic nitrogens is 3. The highest BCUT2D eigenvalue weighted by Gasteiger charge is 2.49. The van der Waals surface area contributed by atoms with Crippen LogP contribution in [0.15, 0.2) is 36.7 Å². The summed E-state index contributed by atoms with van der Waals surface area (Å²) >= 11 is 0. The van der Waals surface area contributed by atoms with E-state index in [9.17, 15) is 4.79 Å². The molecule has 1 saturated carbocycles. The van der Waals surface area contributed by atoms with Crippen LogP contribution in [0.5, 0.6) is 0 Å². The molecule has 0 bridgehead atoms. The van der Waals surface area contributed by atoms with Crippen molar-refractivity contribution < 1.29 is 9.53 Å². The Balaban J connectivity index is 1.49. The third-order valence-electron chi connectivity index (χ3n) is 5.09. The van der Waals surface area contributed by atoms with Gasteiger partial charge >= 0.3 is 0 Å². The first kappa shape index (κ1) is 15.3. The molecule has 1 unspecified atom stereocenters. The van der Waals surface area contributed by atoms with Crippen molar-refractivity contribution >= 4 is 5.91 Å². The molecule has 2 aliphatic rings. The van der Waals surface area contributed by atoms with E-state index in [1.807, 2.05) is 35.2 Å². The average molecular weight is 326 g/mol. The molecule has 1 aromatic carbocycles. The van der Waals surface area contributed by atoms with Gasteiger partial charge in [-0.3, -0.25) is 4.79 Å². The Kier molecular flexibility index (Phi) is 3.84. The van der Waals surface area contributed by atoms with Gasteiger partial charge in [0, 0.05) is 12.1 Å². The molecule has 24 heavy (non-hydrogen) atoms. The van der Waals surface area contributed by atoms with E-state index in [-0.39, 0.29) is 18.0 Å². The molecule has 6 nitrogen and oxygen atoms in total. The fourth-order valence-corrected chi connectivity index (χ4v) is 3.54. The molecule has 6 heteroatoms. The lowest BCUT2D eigenvalue weighted by Gasteiger charge is -2.45. The number of hydrogen-bond acceptors (Lipinski definition) is 4. The molecule has 1 aromatic heterocycles. The predicted octanol–water partition coefficient (Wildman–Crippen LogP) is 1.97. The van der Waals surface area contributed by atoms with E-state index in [1.165, 1.54) is 12.8 Å². The van der Waals surface area contributed by atoms with Crippen molar-refractivity contribution in [2.75, 3.05) is 19.8 Å². The zero-order chi connectivity index (χ0) is 16.6. The minimum absolute atomic E-state index is 0.0946. The van der Waals surface area contributed by atoms with Crippen molar-refractivity contribution in [1.82, 2.24) is 19.7 Å². The number of carbonyl (C=O) groups excluding carboxylic acids is 1. The molecule has 2 aromatic rings. The Morgan fingerprint density at radius 2 is 2.12 bits per heavy atom. The van der Waals surface area contributed by atoms with Crippen LogP contribution in [0.2, 0.25) is 0 Å². The van der Waals surface area contributed by atoms with Crippen LogP contribution in [0.25, 0.3) is 11.4 Å². The maximum Gasteiger partial charge on any atom is 0.244 e. The average Bonchev–Trinajstić information content (AvgIpc) is 3.37. The maximum absolute atomic E-state index is 12.8. The molecule has 2 fully saturated rings. The predicted molar refractivity (Wildman–Crippen MR) is 89.1 cm³/mol. The summed E-state index contributed by atoms with van der Waals surface area (Å²) in [6, 6.07) is 9.80. The lowest BCUT2D eigenvalue weighted by molar-refractivity contribution is -0.150. The number of hydrogen-bond donors (Lipinski definition) is 0. The molecular formula is C18H22N4O2. The fraction of sp³-hybridized carbons (Fsp3) is 0.500. The van der Waals surface area contributed by atoms with E-state index in [0.717, 1.165) is 5.56 Å². The number of rotatable bonds is 4. The highest BCUT2D eigenvalue weighted by molar-refractivity contribution is 5.77. The van der Waals surface area contributed by atoms with Gasteiger partial charge in [0.05, 0.1) is 18.8 Å². The molecule has 126 valence electrons. The molecule has 4 rings (SSSR count). The summed E-state index contributed by atoms with van der Waals surface area (Å²) in [5.41, 5.74) is 0.788. The Morgan fingerprint density at radius 1 is 1.33 bits per heavy atom. The standard InChI is InChI=1S/C18H22N4O2/c1-18(15-7-8-15)12-24-10-9-22(18)16(23)11-21-13-19-17(20-21)14-5-3-2-4-6-14/h2-6,13,15H,7-12H2,1H3. The number of amides is 1. The monoisotopic (exact) mass is 326 g/mol. The highest BCUT2D eigenvalue weighted by atomic mass is 16.5. The molecule has 1 atom stereocenters. The Bertz CT molecular complexity index is 726. The third-order valence-corrected chi connectivity index (χ3v) is 5.09. The van der Waals surface area contributed by atoms with E-state index in [2.05, 4.69) is 17.0 Å². The van der Waals surface area contributed by atoms with E-state index in [1.54, 1.807) is 11.0 Å². The van der Waals surface area contributed by atoms with Crippen molar-refractivity contribution in [3.63, 3.8) is 0 Å². The van der Waals surface area contributed by atoms with Crippen LogP contribution in [-0.2, 0) is 16.1 Å². The van der Waals surface area contributed by atoms with E-state index in [0.29, 0.717) is 31.5 Å². The summed E-state index contributed by atoms with van der Waals surface area (Å²) in [5, 5.41) is 4.45. The van der Waals surface area contributed by atoms with Gasteiger partial charge in [-0.05, 0) is 25.7 Å². The summed E-state index contributed by atoms with van der Waals surface area (Å²) < 4.78 is 7.28. The first-order valence-corrected chi connectivity index (χ1v) is 8.50. The maximum atomic E-state index is 12.8. The van der Waals surface area contributed by atoms with Crippen LogP contribution in [0.4, 0.5) is 0 Å². The molecule has 0 spiro atoms. The van der Waals surface area contributed by atoms with Crippen LogP contribution < -0.4 is 0 Å². The normalized spacial score (nSPS) is 24.1. The zero-order valence-electron chi connectivity index (χ0n) is 13.9. The quantitative estimate of drug-likeness (QED) is 0.862. The highest BCUT2D eigenvalue weighted by Crippen LogP contribution is 2.44. The van der Waals surface area contributed by atoms with Crippen LogP contribution in [0.3, 0.4) is 0 Å². The van der Waals surface area contributed by atoms with Gasteiger partial charge in [0.2, 0.25) is 5.91 Å². The van der Waals surface area contributed by atoms with Gasteiger partial charge < -0.3 is 9.64 Å². The Hall–Kier alpha value is -2.21. The van der Waals surface area contributed by atoms with Gasteiger partial charge in [0.15, 0.2) is 5.82 Å². The summed E-state index contributed by atoms with van der Waals surface area (Å²) in [7, 11) is 0. The zero-order valence-corrected chi connectivity index (χ0v) is 13.9. The minimum Gasteiger partial charge on any atom is -0.377 e. The summed E-state index contributed by atoms with van der Waals surface area (Å²) in [4.78, 5) is 19.2. The molecule has 1 aliphatic heterocycles.